The Hall–Kier alpha value is -2.81. The summed E-state index contributed by atoms with van der Waals surface area (Å²) in [5.74, 6) is -0.215. The number of rotatable bonds is 7. The van der Waals surface area contributed by atoms with E-state index in [1.54, 1.807) is 6.92 Å². The van der Waals surface area contributed by atoms with Crippen LogP contribution in [0.25, 0.3) is 0 Å². The van der Waals surface area contributed by atoms with E-state index in [0.29, 0.717) is 10.7 Å². The molecule has 0 aliphatic carbocycles. The zero-order valence-electron chi connectivity index (χ0n) is 21.2. The smallest absolute Gasteiger partial charge is 0.174 e. The van der Waals surface area contributed by atoms with Crippen molar-refractivity contribution in [2.75, 3.05) is 37.7 Å². The van der Waals surface area contributed by atoms with Crippen molar-refractivity contribution in [3.63, 3.8) is 0 Å². The van der Waals surface area contributed by atoms with Crippen LogP contribution in [-0.4, -0.2) is 52.4 Å². The molecule has 190 valence electrons. The number of hydrogen-bond acceptors (Lipinski definition) is 4. The first-order valence-electron chi connectivity index (χ1n) is 12.7. The van der Waals surface area contributed by atoms with E-state index in [2.05, 4.69) is 44.6 Å². The summed E-state index contributed by atoms with van der Waals surface area (Å²) in [6, 6.07) is 13.2. The number of anilines is 1. The van der Waals surface area contributed by atoms with Gasteiger partial charge in [-0.05, 0) is 86.9 Å². The number of aryl methyl sites for hydroxylation is 2. The van der Waals surface area contributed by atoms with Gasteiger partial charge in [-0.1, -0.05) is 6.07 Å². The Kier molecular flexibility index (Phi) is 7.37. The van der Waals surface area contributed by atoms with Crippen LogP contribution in [0.3, 0.4) is 0 Å². The van der Waals surface area contributed by atoms with Crippen molar-refractivity contribution in [3.8, 4) is 0 Å². The van der Waals surface area contributed by atoms with Gasteiger partial charge in [-0.2, -0.15) is 0 Å². The zero-order valence-corrected chi connectivity index (χ0v) is 22.0. The number of pyridine rings is 1. The topological polar surface area (TPSA) is 45.6 Å². The lowest BCUT2D eigenvalue weighted by Gasteiger charge is -2.28. The lowest BCUT2D eigenvalue weighted by atomic mass is 9.96. The second-order valence-electron chi connectivity index (χ2n) is 9.72. The van der Waals surface area contributed by atoms with Gasteiger partial charge in [0.15, 0.2) is 5.11 Å². The maximum Gasteiger partial charge on any atom is 0.174 e. The predicted octanol–water partition coefficient (Wildman–Crippen LogP) is 4.85. The molecule has 1 N–H and O–H groups in total. The van der Waals surface area contributed by atoms with E-state index in [-0.39, 0.29) is 17.9 Å². The number of nitrogens with one attached hydrogen (secondary N) is 1. The largest absolute Gasteiger partial charge is 0.379 e. The van der Waals surface area contributed by atoms with Crippen LogP contribution in [0.2, 0.25) is 0 Å². The van der Waals surface area contributed by atoms with Gasteiger partial charge >= 0.3 is 0 Å². The third-order valence-electron chi connectivity index (χ3n) is 7.41. The van der Waals surface area contributed by atoms with Crippen LogP contribution in [-0.2, 0) is 11.3 Å². The van der Waals surface area contributed by atoms with Crippen molar-refractivity contribution in [1.82, 2.24) is 19.8 Å². The quantitative estimate of drug-likeness (QED) is 0.462. The summed E-state index contributed by atoms with van der Waals surface area (Å²) >= 11 is 5.85. The molecule has 0 unspecified atom stereocenters. The van der Waals surface area contributed by atoms with E-state index in [4.69, 9.17) is 17.0 Å². The first-order valence-corrected chi connectivity index (χ1v) is 13.1. The molecule has 2 fully saturated rings. The number of thiocarbonyl (C=S) groups is 1. The van der Waals surface area contributed by atoms with E-state index in [0.717, 1.165) is 57.2 Å². The van der Waals surface area contributed by atoms with Crippen molar-refractivity contribution in [3.05, 3.63) is 82.7 Å². The molecule has 5 rings (SSSR count). The second-order valence-corrected chi connectivity index (χ2v) is 10.1. The van der Waals surface area contributed by atoms with E-state index in [9.17, 15) is 4.39 Å². The minimum Gasteiger partial charge on any atom is -0.379 e. The van der Waals surface area contributed by atoms with Gasteiger partial charge < -0.3 is 19.5 Å². The highest BCUT2D eigenvalue weighted by Gasteiger charge is 2.42. The fourth-order valence-electron chi connectivity index (χ4n) is 5.48. The zero-order chi connectivity index (χ0) is 25.2. The van der Waals surface area contributed by atoms with E-state index in [1.165, 1.54) is 23.0 Å². The summed E-state index contributed by atoms with van der Waals surface area (Å²) in [7, 11) is 0. The molecule has 0 spiro atoms. The summed E-state index contributed by atoms with van der Waals surface area (Å²) in [6.07, 6.45) is 2.90. The number of aromatic nitrogens is 2. The molecule has 0 radical (unpaired) electrons. The Morgan fingerprint density at radius 3 is 2.61 bits per heavy atom. The first kappa shape index (κ1) is 24.9. The van der Waals surface area contributed by atoms with Crippen molar-refractivity contribution >= 4 is 23.0 Å². The van der Waals surface area contributed by atoms with Crippen molar-refractivity contribution in [2.45, 2.75) is 45.8 Å². The fraction of sp³-hybridized carbons (Fsp3) is 0.429. The van der Waals surface area contributed by atoms with E-state index >= 15 is 0 Å². The number of halogens is 1. The molecule has 2 saturated heterocycles. The molecule has 0 saturated carbocycles. The number of morpholine rings is 1. The Morgan fingerprint density at radius 2 is 1.89 bits per heavy atom. The van der Waals surface area contributed by atoms with Gasteiger partial charge in [0.1, 0.15) is 5.82 Å². The molecule has 4 heterocycles. The standard InChI is InChI=1S/C28H34FN5OS/c1-19-17-22(8-9-24(19)29)34-27(26(31-28(34)36)25-7-4-5-10-30-25)23-18-20(2)33(21(23)3)12-6-11-32-13-15-35-16-14-32/h4-5,7-10,17-18,26-27H,6,11-16H2,1-3H3,(H,31,36)/t26-,27+/m1/s1. The van der Waals surface area contributed by atoms with Crippen LogP contribution in [0, 0.1) is 26.6 Å². The number of benzene rings is 1. The molecule has 6 nitrogen and oxygen atoms in total. The highest BCUT2D eigenvalue weighted by molar-refractivity contribution is 7.80. The molecule has 3 aromatic rings. The van der Waals surface area contributed by atoms with Crippen molar-refractivity contribution < 1.29 is 9.13 Å². The average Bonchev–Trinajstić information content (AvgIpc) is 3.37. The molecule has 1 aromatic carbocycles. The maximum absolute atomic E-state index is 14.1. The molecular weight excluding hydrogens is 473 g/mol. The molecule has 2 aliphatic heterocycles. The van der Waals surface area contributed by atoms with Crippen LogP contribution in [0.15, 0.2) is 48.7 Å². The lowest BCUT2D eigenvalue weighted by Crippen LogP contribution is -2.37. The summed E-state index contributed by atoms with van der Waals surface area (Å²) in [4.78, 5) is 9.27. The van der Waals surface area contributed by atoms with Crippen molar-refractivity contribution in [2.24, 2.45) is 0 Å². The third-order valence-corrected chi connectivity index (χ3v) is 7.72. The molecular formula is C28H34FN5OS. The summed E-state index contributed by atoms with van der Waals surface area (Å²) in [5.41, 5.74) is 6.09. The van der Waals surface area contributed by atoms with Gasteiger partial charge in [-0.25, -0.2) is 4.39 Å². The molecule has 36 heavy (non-hydrogen) atoms. The van der Waals surface area contributed by atoms with Gasteiger partial charge in [0.05, 0.1) is 31.0 Å². The predicted molar refractivity (Wildman–Crippen MR) is 145 cm³/mol. The minimum absolute atomic E-state index is 0.101. The Bertz CT molecular complexity index is 1220. The number of ether oxygens (including phenoxy) is 1. The Morgan fingerprint density at radius 1 is 1.08 bits per heavy atom. The molecule has 2 aliphatic rings. The Balaban J connectivity index is 1.48. The van der Waals surface area contributed by atoms with Gasteiger partial charge in [0.2, 0.25) is 0 Å². The highest BCUT2D eigenvalue weighted by Crippen LogP contribution is 2.43. The maximum atomic E-state index is 14.1. The van der Waals surface area contributed by atoms with Gasteiger partial charge in [-0.15, -0.1) is 0 Å². The molecule has 0 amide bonds. The average molecular weight is 508 g/mol. The molecule has 2 aromatic heterocycles. The summed E-state index contributed by atoms with van der Waals surface area (Å²) < 4.78 is 22.0. The van der Waals surface area contributed by atoms with Crippen LogP contribution in [0.5, 0.6) is 0 Å². The molecule has 0 bridgehead atoms. The summed E-state index contributed by atoms with van der Waals surface area (Å²) in [5, 5.41) is 4.14. The normalized spacial score (nSPS) is 20.7. The first-order chi connectivity index (χ1) is 17.4. The highest BCUT2D eigenvalue weighted by atomic mass is 32.1. The number of hydrogen-bond donors (Lipinski definition) is 1. The van der Waals surface area contributed by atoms with E-state index < -0.39 is 0 Å². The van der Waals surface area contributed by atoms with Gasteiger partial charge in [-0.3, -0.25) is 9.88 Å². The van der Waals surface area contributed by atoms with Gasteiger partial charge in [0, 0.05) is 49.5 Å². The van der Waals surface area contributed by atoms with Crippen LogP contribution < -0.4 is 10.2 Å². The van der Waals surface area contributed by atoms with E-state index in [1.807, 2.05) is 36.5 Å². The number of nitrogens with zero attached hydrogens (tertiary/aromatic N) is 4. The van der Waals surface area contributed by atoms with Crippen LogP contribution in [0.4, 0.5) is 10.1 Å². The Labute approximate surface area is 218 Å². The van der Waals surface area contributed by atoms with Gasteiger partial charge in [0.25, 0.3) is 0 Å². The van der Waals surface area contributed by atoms with Crippen LogP contribution in [0.1, 0.15) is 46.7 Å². The summed E-state index contributed by atoms with van der Waals surface area (Å²) in [6.45, 7) is 11.9. The van der Waals surface area contributed by atoms with Crippen molar-refractivity contribution in [1.29, 1.82) is 0 Å². The second kappa shape index (κ2) is 10.7. The SMILES string of the molecule is Cc1cc(N2C(=S)N[C@H](c3ccccn3)[C@@H]2c2cc(C)n(CCCN3CCOCC3)c2C)ccc1F. The minimum atomic E-state index is -0.215. The fourth-order valence-corrected chi connectivity index (χ4v) is 5.82. The molecule has 8 heteroatoms. The monoisotopic (exact) mass is 507 g/mol. The van der Waals surface area contributed by atoms with Crippen LogP contribution >= 0.6 is 12.2 Å². The third kappa shape index (κ3) is 4.90. The lowest BCUT2D eigenvalue weighted by molar-refractivity contribution is 0.0369. The molecule has 2 atom stereocenters.